The van der Waals surface area contributed by atoms with Gasteiger partial charge in [-0.15, -0.1) is 0 Å². The monoisotopic (exact) mass is 377 g/mol. The SMILES string of the molecule is COC(C)c1cc(NC2CCC(F)(F)CC2)nc(-n2ccc(C3CC3)n2)n1. The molecule has 0 aliphatic heterocycles. The maximum absolute atomic E-state index is 13.4. The van der Waals surface area contributed by atoms with Crippen LogP contribution in [0.25, 0.3) is 5.95 Å². The highest BCUT2D eigenvalue weighted by Crippen LogP contribution is 2.39. The van der Waals surface area contributed by atoms with Crippen LogP contribution in [0.5, 0.6) is 0 Å². The highest BCUT2D eigenvalue weighted by molar-refractivity contribution is 5.40. The lowest BCUT2D eigenvalue weighted by atomic mass is 9.92. The Bertz CT molecular complexity index is 795. The summed E-state index contributed by atoms with van der Waals surface area (Å²) in [5.41, 5.74) is 1.79. The fraction of sp³-hybridized carbons (Fsp3) is 0.632. The third-order valence-electron chi connectivity index (χ3n) is 5.38. The lowest BCUT2D eigenvalue weighted by molar-refractivity contribution is -0.0361. The van der Waals surface area contributed by atoms with Crippen LogP contribution in [0.4, 0.5) is 14.6 Å². The van der Waals surface area contributed by atoms with Crippen molar-refractivity contribution in [3.8, 4) is 5.95 Å². The Balaban J connectivity index is 1.58. The predicted molar refractivity (Wildman–Crippen MR) is 97.4 cm³/mol. The molecule has 27 heavy (non-hydrogen) atoms. The number of aromatic nitrogens is 4. The number of hydrogen-bond donors (Lipinski definition) is 1. The van der Waals surface area contributed by atoms with Crippen molar-refractivity contribution in [2.75, 3.05) is 12.4 Å². The van der Waals surface area contributed by atoms with Gasteiger partial charge in [0.05, 0.1) is 17.5 Å². The molecule has 0 amide bonds. The van der Waals surface area contributed by atoms with Gasteiger partial charge < -0.3 is 10.1 Å². The highest BCUT2D eigenvalue weighted by atomic mass is 19.3. The third kappa shape index (κ3) is 4.26. The molecule has 2 aromatic rings. The number of halogens is 2. The molecule has 0 spiro atoms. The van der Waals surface area contributed by atoms with Gasteiger partial charge in [-0.25, -0.2) is 18.4 Å². The number of methoxy groups -OCH3 is 1. The van der Waals surface area contributed by atoms with Gasteiger partial charge in [0.25, 0.3) is 5.95 Å². The van der Waals surface area contributed by atoms with Gasteiger partial charge in [0.1, 0.15) is 5.82 Å². The van der Waals surface area contributed by atoms with Crippen LogP contribution in [-0.4, -0.2) is 38.8 Å². The molecule has 2 heterocycles. The third-order valence-corrected chi connectivity index (χ3v) is 5.38. The summed E-state index contributed by atoms with van der Waals surface area (Å²) in [5, 5.41) is 7.91. The summed E-state index contributed by atoms with van der Waals surface area (Å²) in [6.07, 6.45) is 4.69. The van der Waals surface area contributed by atoms with E-state index in [2.05, 4.69) is 20.4 Å². The molecule has 0 aromatic carbocycles. The molecule has 2 aliphatic rings. The maximum atomic E-state index is 13.4. The van der Waals surface area contributed by atoms with Crippen LogP contribution in [0.2, 0.25) is 0 Å². The molecule has 4 rings (SSSR count). The van der Waals surface area contributed by atoms with E-state index in [0.717, 1.165) is 11.4 Å². The van der Waals surface area contributed by atoms with Gasteiger partial charge in [0.15, 0.2) is 0 Å². The van der Waals surface area contributed by atoms with Crippen LogP contribution >= 0.6 is 0 Å². The molecule has 1 atom stereocenters. The summed E-state index contributed by atoms with van der Waals surface area (Å²) >= 11 is 0. The Morgan fingerprint density at radius 1 is 1.22 bits per heavy atom. The normalized spacial score (nSPS) is 21.2. The summed E-state index contributed by atoms with van der Waals surface area (Å²) in [4.78, 5) is 9.17. The van der Waals surface area contributed by atoms with Crippen molar-refractivity contribution < 1.29 is 13.5 Å². The standard InChI is InChI=1S/C19H25F2N5O/c1-12(27-2)16-11-17(22-14-5-8-19(20,21)9-6-14)24-18(23-16)26-10-7-15(25-26)13-3-4-13/h7,10-14H,3-6,8-9H2,1-2H3,(H,22,23,24). The molecule has 0 bridgehead atoms. The van der Waals surface area contributed by atoms with Gasteiger partial charge in [-0.3, -0.25) is 0 Å². The quantitative estimate of drug-likeness (QED) is 0.816. The molecule has 146 valence electrons. The van der Waals surface area contributed by atoms with Crippen LogP contribution in [0, 0.1) is 0 Å². The first kappa shape index (κ1) is 18.3. The molecular weight excluding hydrogens is 352 g/mol. The zero-order valence-electron chi connectivity index (χ0n) is 15.7. The van der Waals surface area contributed by atoms with E-state index in [0.29, 0.717) is 30.5 Å². The minimum absolute atomic E-state index is 0.0160. The number of nitrogens with zero attached hydrogens (tertiary/aromatic N) is 4. The summed E-state index contributed by atoms with van der Waals surface area (Å²) in [6, 6.07) is 3.82. The van der Waals surface area contributed by atoms with Crippen LogP contribution in [-0.2, 0) is 4.74 Å². The van der Waals surface area contributed by atoms with Crippen molar-refractivity contribution in [1.82, 2.24) is 19.7 Å². The van der Waals surface area contributed by atoms with Gasteiger partial charge in [-0.1, -0.05) is 0 Å². The number of ether oxygens (including phenoxy) is 1. The van der Waals surface area contributed by atoms with Crippen molar-refractivity contribution in [1.29, 1.82) is 0 Å². The second kappa shape index (κ2) is 7.14. The predicted octanol–water partition coefficient (Wildman–Crippen LogP) is 4.24. The second-order valence-corrected chi connectivity index (χ2v) is 7.59. The fourth-order valence-electron chi connectivity index (χ4n) is 3.40. The number of hydrogen-bond acceptors (Lipinski definition) is 5. The van der Waals surface area contributed by atoms with E-state index in [1.54, 1.807) is 11.8 Å². The molecule has 2 aliphatic carbocycles. The highest BCUT2D eigenvalue weighted by Gasteiger charge is 2.35. The van der Waals surface area contributed by atoms with Crippen molar-refractivity contribution >= 4 is 5.82 Å². The molecule has 2 fully saturated rings. The van der Waals surface area contributed by atoms with E-state index in [4.69, 9.17) is 4.74 Å². The smallest absolute Gasteiger partial charge is 0.252 e. The van der Waals surface area contributed by atoms with Crippen LogP contribution in [0.3, 0.4) is 0 Å². The maximum Gasteiger partial charge on any atom is 0.252 e. The fourth-order valence-corrected chi connectivity index (χ4v) is 3.40. The lowest BCUT2D eigenvalue weighted by Crippen LogP contribution is -2.32. The summed E-state index contributed by atoms with van der Waals surface area (Å²) in [7, 11) is 1.63. The largest absolute Gasteiger partial charge is 0.375 e. The zero-order chi connectivity index (χ0) is 19.0. The summed E-state index contributed by atoms with van der Waals surface area (Å²) < 4.78 is 33.9. The van der Waals surface area contributed by atoms with Gasteiger partial charge in [0, 0.05) is 44.2 Å². The molecular formula is C19H25F2N5O. The number of rotatable bonds is 6. The topological polar surface area (TPSA) is 64.9 Å². The van der Waals surface area contributed by atoms with Crippen molar-refractivity contribution in [2.45, 2.75) is 69.4 Å². The molecule has 0 radical (unpaired) electrons. The van der Waals surface area contributed by atoms with Crippen LogP contribution in [0.15, 0.2) is 18.3 Å². The summed E-state index contributed by atoms with van der Waals surface area (Å²) in [6.45, 7) is 1.91. The minimum Gasteiger partial charge on any atom is -0.375 e. The Kier molecular flexibility index (Phi) is 4.84. The summed E-state index contributed by atoms with van der Waals surface area (Å²) in [5.74, 6) is -0.905. The van der Waals surface area contributed by atoms with Gasteiger partial charge in [-0.05, 0) is 38.7 Å². The lowest BCUT2D eigenvalue weighted by Gasteiger charge is -2.29. The Morgan fingerprint density at radius 3 is 2.63 bits per heavy atom. The number of anilines is 1. The van der Waals surface area contributed by atoms with E-state index >= 15 is 0 Å². The average Bonchev–Trinajstić information content (AvgIpc) is 3.39. The van der Waals surface area contributed by atoms with E-state index in [9.17, 15) is 8.78 Å². The Labute approximate surface area is 157 Å². The van der Waals surface area contributed by atoms with Crippen LogP contribution < -0.4 is 5.32 Å². The van der Waals surface area contributed by atoms with Gasteiger partial charge in [-0.2, -0.15) is 10.1 Å². The molecule has 0 saturated heterocycles. The molecule has 2 aromatic heterocycles. The molecule has 1 N–H and O–H groups in total. The number of alkyl halides is 2. The Hall–Kier alpha value is -2.09. The van der Waals surface area contributed by atoms with Crippen molar-refractivity contribution in [3.05, 3.63) is 29.7 Å². The van der Waals surface area contributed by atoms with E-state index in [1.165, 1.54) is 12.8 Å². The first-order chi connectivity index (χ1) is 12.9. The average molecular weight is 377 g/mol. The Morgan fingerprint density at radius 2 is 1.96 bits per heavy atom. The second-order valence-electron chi connectivity index (χ2n) is 7.59. The molecule has 1 unspecified atom stereocenters. The van der Waals surface area contributed by atoms with Crippen LogP contribution in [0.1, 0.15) is 68.9 Å². The first-order valence-electron chi connectivity index (χ1n) is 9.55. The molecule has 8 heteroatoms. The van der Waals surface area contributed by atoms with E-state index in [-0.39, 0.29) is 25.0 Å². The van der Waals surface area contributed by atoms with Crippen molar-refractivity contribution in [2.24, 2.45) is 0 Å². The van der Waals surface area contributed by atoms with Gasteiger partial charge >= 0.3 is 0 Å². The minimum atomic E-state index is -2.54. The van der Waals surface area contributed by atoms with E-state index < -0.39 is 5.92 Å². The van der Waals surface area contributed by atoms with E-state index in [1.807, 2.05) is 25.3 Å². The zero-order valence-corrected chi connectivity index (χ0v) is 15.7. The molecule has 2 saturated carbocycles. The van der Waals surface area contributed by atoms with Gasteiger partial charge in [0.2, 0.25) is 5.92 Å². The van der Waals surface area contributed by atoms with Crippen molar-refractivity contribution in [3.63, 3.8) is 0 Å². The number of nitrogens with one attached hydrogen (secondary N) is 1. The molecule has 6 nitrogen and oxygen atoms in total. The first-order valence-corrected chi connectivity index (χ1v) is 9.55.